The molecule has 1 N–H and O–H groups in total. The maximum atomic E-state index is 3.71. The quantitative estimate of drug-likeness (QED) is 0.734. The molecule has 18 heavy (non-hydrogen) atoms. The van der Waals surface area contributed by atoms with Crippen LogP contribution in [-0.2, 0) is 0 Å². The molecule has 0 aliphatic heterocycles. The van der Waals surface area contributed by atoms with Gasteiger partial charge in [0.05, 0.1) is 0 Å². The third-order valence-electron chi connectivity index (χ3n) is 4.18. The van der Waals surface area contributed by atoms with Gasteiger partial charge in [0.1, 0.15) is 0 Å². The van der Waals surface area contributed by atoms with Crippen LogP contribution >= 0.6 is 0 Å². The Morgan fingerprint density at radius 3 is 2.56 bits per heavy atom. The van der Waals surface area contributed by atoms with Crippen LogP contribution in [-0.4, -0.2) is 6.54 Å². The third kappa shape index (κ3) is 4.13. The van der Waals surface area contributed by atoms with Crippen molar-refractivity contribution in [1.29, 1.82) is 0 Å². The summed E-state index contributed by atoms with van der Waals surface area (Å²) in [6.07, 6.45) is 9.77. The Morgan fingerprint density at radius 2 is 1.89 bits per heavy atom. The molecular weight excluding hydrogens is 218 g/mol. The molecule has 0 heterocycles. The Kier molecular flexibility index (Phi) is 5.73. The zero-order valence-corrected chi connectivity index (χ0v) is 11.7. The lowest BCUT2D eigenvalue weighted by Gasteiger charge is -2.20. The minimum atomic E-state index is 0.562. The maximum Gasteiger partial charge on any atom is 0.0320 e. The first-order valence-corrected chi connectivity index (χ1v) is 7.68. The van der Waals surface area contributed by atoms with E-state index in [0.717, 1.165) is 12.5 Å². The summed E-state index contributed by atoms with van der Waals surface area (Å²) in [4.78, 5) is 0. The zero-order chi connectivity index (χ0) is 12.6. The van der Waals surface area contributed by atoms with Crippen LogP contribution in [0.15, 0.2) is 30.3 Å². The second-order valence-electron chi connectivity index (χ2n) is 5.65. The standard InChI is InChI=1S/C17H27N/c1-2-14-18-17(16-10-4-3-5-11-16)13-12-15-8-6-7-9-15/h3-5,10-11,15,17-18H,2,6-9,12-14H2,1H3. The lowest BCUT2D eigenvalue weighted by Crippen LogP contribution is -2.22. The number of rotatable bonds is 7. The highest BCUT2D eigenvalue weighted by Gasteiger charge is 2.17. The summed E-state index contributed by atoms with van der Waals surface area (Å²) in [5.74, 6) is 1.000. The van der Waals surface area contributed by atoms with Gasteiger partial charge in [0.2, 0.25) is 0 Å². The van der Waals surface area contributed by atoms with E-state index in [1.165, 1.54) is 50.5 Å². The average Bonchev–Trinajstić information content (AvgIpc) is 2.93. The molecule has 2 rings (SSSR count). The van der Waals surface area contributed by atoms with Gasteiger partial charge in [-0.3, -0.25) is 0 Å². The Labute approximate surface area is 112 Å². The highest BCUT2D eigenvalue weighted by atomic mass is 14.9. The van der Waals surface area contributed by atoms with Crippen molar-refractivity contribution in [2.75, 3.05) is 6.54 Å². The summed E-state index contributed by atoms with van der Waals surface area (Å²) in [7, 11) is 0. The van der Waals surface area contributed by atoms with Crippen LogP contribution in [0.1, 0.15) is 63.5 Å². The van der Waals surface area contributed by atoms with Crippen molar-refractivity contribution < 1.29 is 0 Å². The molecule has 1 atom stereocenters. The predicted octanol–water partition coefficient (Wildman–Crippen LogP) is 4.70. The lowest BCUT2D eigenvalue weighted by molar-refractivity contribution is 0.412. The van der Waals surface area contributed by atoms with Crippen molar-refractivity contribution in [3.8, 4) is 0 Å². The molecule has 0 aromatic heterocycles. The molecule has 0 spiro atoms. The molecule has 1 fully saturated rings. The zero-order valence-electron chi connectivity index (χ0n) is 11.7. The van der Waals surface area contributed by atoms with Gasteiger partial charge in [-0.15, -0.1) is 0 Å². The molecule has 1 aliphatic carbocycles. The van der Waals surface area contributed by atoms with Crippen LogP contribution in [0.5, 0.6) is 0 Å². The Bertz CT molecular complexity index is 314. The molecular formula is C17H27N. The topological polar surface area (TPSA) is 12.0 Å². The van der Waals surface area contributed by atoms with Gasteiger partial charge in [-0.1, -0.05) is 62.9 Å². The summed E-state index contributed by atoms with van der Waals surface area (Å²) in [5, 5.41) is 3.71. The molecule has 0 saturated heterocycles. The molecule has 100 valence electrons. The van der Waals surface area contributed by atoms with Gasteiger partial charge in [-0.2, -0.15) is 0 Å². The Hall–Kier alpha value is -0.820. The number of benzene rings is 1. The fourth-order valence-corrected chi connectivity index (χ4v) is 3.09. The summed E-state index contributed by atoms with van der Waals surface area (Å²) in [6.45, 7) is 3.37. The number of hydrogen-bond donors (Lipinski definition) is 1. The summed E-state index contributed by atoms with van der Waals surface area (Å²) < 4.78 is 0. The van der Waals surface area contributed by atoms with E-state index in [0.29, 0.717) is 6.04 Å². The second kappa shape index (κ2) is 7.58. The van der Waals surface area contributed by atoms with Crippen LogP contribution < -0.4 is 5.32 Å². The van der Waals surface area contributed by atoms with Gasteiger partial charge in [-0.25, -0.2) is 0 Å². The first kappa shape index (κ1) is 13.6. The van der Waals surface area contributed by atoms with Gasteiger partial charge in [-0.05, 0) is 37.3 Å². The minimum absolute atomic E-state index is 0.562. The normalized spacial score (nSPS) is 18.1. The Balaban J connectivity index is 1.87. The van der Waals surface area contributed by atoms with E-state index in [-0.39, 0.29) is 0 Å². The third-order valence-corrected chi connectivity index (χ3v) is 4.18. The molecule has 1 saturated carbocycles. The van der Waals surface area contributed by atoms with Crippen LogP contribution in [0.3, 0.4) is 0 Å². The summed E-state index contributed by atoms with van der Waals surface area (Å²) >= 11 is 0. The second-order valence-corrected chi connectivity index (χ2v) is 5.65. The minimum Gasteiger partial charge on any atom is -0.310 e. The molecule has 1 aromatic rings. The summed E-state index contributed by atoms with van der Waals surface area (Å²) in [6, 6.07) is 11.5. The highest BCUT2D eigenvalue weighted by molar-refractivity contribution is 5.18. The van der Waals surface area contributed by atoms with Crippen molar-refractivity contribution >= 4 is 0 Å². The van der Waals surface area contributed by atoms with Gasteiger partial charge in [0.25, 0.3) is 0 Å². The number of nitrogens with one attached hydrogen (secondary N) is 1. The molecule has 0 radical (unpaired) electrons. The average molecular weight is 245 g/mol. The van der Waals surface area contributed by atoms with E-state index in [2.05, 4.69) is 42.6 Å². The van der Waals surface area contributed by atoms with Crippen LogP contribution in [0.25, 0.3) is 0 Å². The van der Waals surface area contributed by atoms with Crippen LogP contribution in [0, 0.1) is 5.92 Å². The molecule has 0 amide bonds. The van der Waals surface area contributed by atoms with Gasteiger partial charge in [0, 0.05) is 6.04 Å². The van der Waals surface area contributed by atoms with Crippen molar-refractivity contribution in [2.45, 2.75) is 57.9 Å². The van der Waals surface area contributed by atoms with E-state index in [9.17, 15) is 0 Å². The molecule has 1 aliphatic rings. The summed E-state index contributed by atoms with van der Waals surface area (Å²) in [5.41, 5.74) is 1.46. The van der Waals surface area contributed by atoms with Crippen molar-refractivity contribution in [3.63, 3.8) is 0 Å². The molecule has 1 nitrogen and oxygen atoms in total. The van der Waals surface area contributed by atoms with Crippen molar-refractivity contribution in [1.82, 2.24) is 5.32 Å². The van der Waals surface area contributed by atoms with Gasteiger partial charge < -0.3 is 5.32 Å². The molecule has 0 bridgehead atoms. The SMILES string of the molecule is CCCNC(CCC1CCCC1)c1ccccc1. The lowest BCUT2D eigenvalue weighted by atomic mass is 9.95. The molecule has 1 aromatic carbocycles. The fourth-order valence-electron chi connectivity index (χ4n) is 3.09. The van der Waals surface area contributed by atoms with E-state index in [1.807, 2.05) is 0 Å². The first-order chi connectivity index (χ1) is 8.90. The monoisotopic (exact) mass is 245 g/mol. The van der Waals surface area contributed by atoms with Crippen molar-refractivity contribution in [3.05, 3.63) is 35.9 Å². The van der Waals surface area contributed by atoms with Gasteiger partial charge >= 0.3 is 0 Å². The number of hydrogen-bond acceptors (Lipinski definition) is 1. The van der Waals surface area contributed by atoms with E-state index in [1.54, 1.807) is 0 Å². The first-order valence-electron chi connectivity index (χ1n) is 7.68. The fraction of sp³-hybridized carbons (Fsp3) is 0.647. The van der Waals surface area contributed by atoms with Crippen molar-refractivity contribution in [2.24, 2.45) is 5.92 Å². The maximum absolute atomic E-state index is 3.71. The van der Waals surface area contributed by atoms with E-state index < -0.39 is 0 Å². The largest absolute Gasteiger partial charge is 0.310 e. The molecule has 1 heteroatoms. The van der Waals surface area contributed by atoms with E-state index in [4.69, 9.17) is 0 Å². The smallest absolute Gasteiger partial charge is 0.0320 e. The van der Waals surface area contributed by atoms with Gasteiger partial charge in [0.15, 0.2) is 0 Å². The van der Waals surface area contributed by atoms with Crippen LogP contribution in [0.2, 0.25) is 0 Å². The van der Waals surface area contributed by atoms with Crippen LogP contribution in [0.4, 0.5) is 0 Å². The predicted molar refractivity (Wildman–Crippen MR) is 78.7 cm³/mol. The molecule has 1 unspecified atom stereocenters. The Morgan fingerprint density at radius 1 is 1.17 bits per heavy atom. The van der Waals surface area contributed by atoms with E-state index >= 15 is 0 Å². The highest BCUT2D eigenvalue weighted by Crippen LogP contribution is 2.31.